The molecule has 0 saturated carbocycles. The molecule has 1 heterocycles. The van der Waals surface area contributed by atoms with Gasteiger partial charge >= 0.3 is 0 Å². The van der Waals surface area contributed by atoms with Crippen molar-refractivity contribution in [2.24, 2.45) is 0 Å². The molecular weight excluding hydrogens is 309 g/mol. The topological polar surface area (TPSA) is 29.9 Å². The van der Waals surface area contributed by atoms with E-state index >= 15 is 0 Å². The molecule has 3 nitrogen and oxygen atoms in total. The Hall–Kier alpha value is -1.20. The molecule has 0 amide bonds. The zero-order chi connectivity index (χ0) is 13.8. The third-order valence-electron chi connectivity index (χ3n) is 3.02. The molecule has 0 spiro atoms. The van der Waals surface area contributed by atoms with Gasteiger partial charge in [-0.3, -0.25) is 4.68 Å². The van der Waals surface area contributed by atoms with Crippen LogP contribution in [0, 0.1) is 5.82 Å². The predicted molar refractivity (Wildman–Crippen MR) is 77.5 cm³/mol. The minimum absolute atomic E-state index is 0.192. The highest BCUT2D eigenvalue weighted by Gasteiger charge is 2.19. The van der Waals surface area contributed by atoms with Crippen LogP contribution >= 0.6 is 15.9 Å². The molecule has 0 fully saturated rings. The molecule has 0 aliphatic carbocycles. The first-order valence-corrected chi connectivity index (χ1v) is 7.10. The van der Waals surface area contributed by atoms with Crippen molar-refractivity contribution in [3.05, 3.63) is 52.0 Å². The van der Waals surface area contributed by atoms with Crippen molar-refractivity contribution in [1.82, 2.24) is 15.1 Å². The van der Waals surface area contributed by atoms with E-state index in [-0.39, 0.29) is 11.9 Å². The van der Waals surface area contributed by atoms with Gasteiger partial charge in [0.1, 0.15) is 5.82 Å². The van der Waals surface area contributed by atoms with Crippen LogP contribution in [0.4, 0.5) is 4.39 Å². The van der Waals surface area contributed by atoms with Crippen LogP contribution in [0.25, 0.3) is 0 Å². The van der Waals surface area contributed by atoms with Crippen molar-refractivity contribution in [3.8, 4) is 0 Å². The average Bonchev–Trinajstić information content (AvgIpc) is 2.84. The van der Waals surface area contributed by atoms with Gasteiger partial charge in [-0.2, -0.15) is 5.10 Å². The van der Waals surface area contributed by atoms with Gasteiger partial charge in [0, 0.05) is 23.9 Å². The van der Waals surface area contributed by atoms with E-state index in [0.29, 0.717) is 10.0 Å². The Morgan fingerprint density at radius 2 is 2.26 bits per heavy atom. The second-order valence-electron chi connectivity index (χ2n) is 4.40. The second-order valence-corrected chi connectivity index (χ2v) is 5.26. The quantitative estimate of drug-likeness (QED) is 0.911. The standard InChI is InChI=1S/C14H17BrFN3/c1-3-7-19-9-10(8-18-19)14(17-2)11-5-4-6-12(15)13(11)16/h4-6,8-9,14,17H,3,7H2,1-2H3. The monoisotopic (exact) mass is 325 g/mol. The van der Waals surface area contributed by atoms with Crippen LogP contribution in [-0.2, 0) is 6.54 Å². The van der Waals surface area contributed by atoms with Gasteiger partial charge in [0.05, 0.1) is 16.7 Å². The van der Waals surface area contributed by atoms with Gasteiger partial charge in [0.2, 0.25) is 0 Å². The van der Waals surface area contributed by atoms with Crippen LogP contribution in [0.3, 0.4) is 0 Å². The second kappa shape index (κ2) is 6.30. The van der Waals surface area contributed by atoms with Crippen LogP contribution in [0.2, 0.25) is 0 Å². The van der Waals surface area contributed by atoms with E-state index < -0.39 is 0 Å². The Bertz CT molecular complexity index is 553. The fourth-order valence-electron chi connectivity index (χ4n) is 2.13. The Labute approximate surface area is 121 Å². The number of benzene rings is 1. The Balaban J connectivity index is 2.35. The molecule has 0 aliphatic heterocycles. The molecule has 0 radical (unpaired) electrons. The van der Waals surface area contributed by atoms with E-state index in [1.807, 2.05) is 24.0 Å². The molecular formula is C14H17BrFN3. The Kier molecular flexibility index (Phi) is 4.71. The molecule has 0 saturated heterocycles. The van der Waals surface area contributed by atoms with Gasteiger partial charge in [-0.05, 0) is 35.5 Å². The lowest BCUT2D eigenvalue weighted by Gasteiger charge is -2.16. The summed E-state index contributed by atoms with van der Waals surface area (Å²) in [4.78, 5) is 0. The first-order chi connectivity index (χ1) is 9.17. The number of hydrogen-bond donors (Lipinski definition) is 1. The molecule has 1 aromatic carbocycles. The summed E-state index contributed by atoms with van der Waals surface area (Å²) in [7, 11) is 1.82. The van der Waals surface area contributed by atoms with E-state index in [1.54, 1.807) is 18.3 Å². The summed E-state index contributed by atoms with van der Waals surface area (Å²) in [6.45, 7) is 2.97. The van der Waals surface area contributed by atoms with Gasteiger partial charge in [0.25, 0.3) is 0 Å². The summed E-state index contributed by atoms with van der Waals surface area (Å²) < 4.78 is 16.5. The lowest BCUT2D eigenvalue weighted by atomic mass is 10.0. The molecule has 2 rings (SSSR count). The van der Waals surface area contributed by atoms with Crippen LogP contribution in [0.5, 0.6) is 0 Å². The number of halogens is 2. The Morgan fingerprint density at radius 1 is 1.47 bits per heavy atom. The summed E-state index contributed by atoms with van der Waals surface area (Å²) in [6.07, 6.45) is 4.78. The molecule has 0 bridgehead atoms. The molecule has 5 heteroatoms. The molecule has 1 aromatic heterocycles. The van der Waals surface area contributed by atoms with E-state index in [1.165, 1.54) is 0 Å². The Morgan fingerprint density at radius 3 is 2.95 bits per heavy atom. The number of rotatable bonds is 5. The van der Waals surface area contributed by atoms with Crippen LogP contribution in [0.15, 0.2) is 35.1 Å². The zero-order valence-electron chi connectivity index (χ0n) is 11.0. The van der Waals surface area contributed by atoms with Crippen LogP contribution in [-0.4, -0.2) is 16.8 Å². The van der Waals surface area contributed by atoms with Crippen LogP contribution < -0.4 is 5.32 Å². The maximum absolute atomic E-state index is 14.2. The summed E-state index contributed by atoms with van der Waals surface area (Å²) in [5, 5.41) is 7.44. The van der Waals surface area contributed by atoms with E-state index in [0.717, 1.165) is 18.5 Å². The first kappa shape index (κ1) is 14.2. The molecule has 19 heavy (non-hydrogen) atoms. The number of aryl methyl sites for hydroxylation is 1. The number of nitrogens with one attached hydrogen (secondary N) is 1. The molecule has 1 atom stereocenters. The molecule has 102 valence electrons. The predicted octanol–water partition coefficient (Wildman–Crippen LogP) is 3.50. The average molecular weight is 326 g/mol. The van der Waals surface area contributed by atoms with Crippen molar-refractivity contribution in [3.63, 3.8) is 0 Å². The zero-order valence-corrected chi connectivity index (χ0v) is 12.6. The van der Waals surface area contributed by atoms with Gasteiger partial charge in [-0.25, -0.2) is 4.39 Å². The molecule has 2 aromatic rings. The number of aromatic nitrogens is 2. The number of hydrogen-bond acceptors (Lipinski definition) is 2. The van der Waals surface area contributed by atoms with Gasteiger partial charge in [-0.1, -0.05) is 19.1 Å². The normalized spacial score (nSPS) is 12.6. The molecule has 0 aliphatic rings. The first-order valence-electron chi connectivity index (χ1n) is 6.31. The highest BCUT2D eigenvalue weighted by molar-refractivity contribution is 9.10. The minimum atomic E-state index is -0.231. The summed E-state index contributed by atoms with van der Waals surface area (Å²) in [5.41, 5.74) is 1.58. The van der Waals surface area contributed by atoms with Crippen LogP contribution in [0.1, 0.15) is 30.5 Å². The van der Waals surface area contributed by atoms with Crippen molar-refractivity contribution in [1.29, 1.82) is 0 Å². The van der Waals surface area contributed by atoms with E-state index in [4.69, 9.17) is 0 Å². The highest BCUT2D eigenvalue weighted by atomic mass is 79.9. The van der Waals surface area contributed by atoms with Crippen molar-refractivity contribution in [2.45, 2.75) is 25.9 Å². The lowest BCUT2D eigenvalue weighted by Crippen LogP contribution is -2.18. The van der Waals surface area contributed by atoms with E-state index in [9.17, 15) is 4.39 Å². The molecule has 1 N–H and O–H groups in total. The van der Waals surface area contributed by atoms with Crippen molar-refractivity contribution >= 4 is 15.9 Å². The lowest BCUT2D eigenvalue weighted by molar-refractivity contribution is 0.569. The van der Waals surface area contributed by atoms with Gasteiger partial charge in [-0.15, -0.1) is 0 Å². The molecule has 1 unspecified atom stereocenters. The van der Waals surface area contributed by atoms with Crippen molar-refractivity contribution in [2.75, 3.05) is 7.05 Å². The fourth-order valence-corrected chi connectivity index (χ4v) is 2.51. The van der Waals surface area contributed by atoms with E-state index in [2.05, 4.69) is 33.3 Å². The smallest absolute Gasteiger partial charge is 0.142 e. The fraction of sp³-hybridized carbons (Fsp3) is 0.357. The number of nitrogens with zero attached hydrogens (tertiary/aromatic N) is 2. The third-order valence-corrected chi connectivity index (χ3v) is 3.63. The van der Waals surface area contributed by atoms with Gasteiger partial charge in [0.15, 0.2) is 0 Å². The van der Waals surface area contributed by atoms with Crippen molar-refractivity contribution < 1.29 is 4.39 Å². The third kappa shape index (κ3) is 3.04. The maximum atomic E-state index is 14.2. The largest absolute Gasteiger partial charge is 0.309 e. The van der Waals surface area contributed by atoms with Gasteiger partial charge < -0.3 is 5.32 Å². The summed E-state index contributed by atoms with van der Waals surface area (Å²) in [6, 6.07) is 5.14. The summed E-state index contributed by atoms with van der Waals surface area (Å²) in [5.74, 6) is -0.231. The summed E-state index contributed by atoms with van der Waals surface area (Å²) >= 11 is 3.22. The SMILES string of the molecule is CCCn1cc(C(NC)c2cccc(Br)c2F)cn1. The highest BCUT2D eigenvalue weighted by Crippen LogP contribution is 2.27. The minimum Gasteiger partial charge on any atom is -0.309 e. The maximum Gasteiger partial charge on any atom is 0.142 e.